The van der Waals surface area contributed by atoms with Crippen LogP contribution in [0.25, 0.3) is 0 Å². The third-order valence-electron chi connectivity index (χ3n) is 2.33. The molecule has 0 aliphatic heterocycles. The van der Waals surface area contributed by atoms with Gasteiger partial charge in [-0.1, -0.05) is 5.10 Å². The molecule has 1 unspecified atom stereocenters. The summed E-state index contributed by atoms with van der Waals surface area (Å²) in [6, 6.07) is 0.569. The van der Waals surface area contributed by atoms with Gasteiger partial charge in [0.1, 0.15) is 5.38 Å². The summed E-state index contributed by atoms with van der Waals surface area (Å²) in [5.74, 6) is 1.30. The molecule has 1 atom stereocenters. The van der Waals surface area contributed by atoms with Gasteiger partial charge in [-0.25, -0.2) is 0 Å². The van der Waals surface area contributed by atoms with Gasteiger partial charge < -0.3 is 9.32 Å². The fourth-order valence-corrected chi connectivity index (χ4v) is 1.40. The lowest BCUT2D eigenvalue weighted by Crippen LogP contribution is -2.20. The molecule has 1 aromatic rings. The maximum Gasteiger partial charge on any atom is 0.317 e. The first kappa shape index (κ1) is 9.77. The van der Waals surface area contributed by atoms with E-state index in [1.165, 1.54) is 12.8 Å². The second kappa shape index (κ2) is 3.77. The van der Waals surface area contributed by atoms with Crippen molar-refractivity contribution in [3.63, 3.8) is 0 Å². The Hall–Kier alpha value is -0.770. The molecule has 1 fully saturated rings. The molecule has 0 N–H and O–H groups in total. The van der Waals surface area contributed by atoms with E-state index in [4.69, 9.17) is 16.0 Å². The minimum Gasteiger partial charge on any atom is -0.406 e. The van der Waals surface area contributed by atoms with Crippen LogP contribution in [-0.2, 0) is 0 Å². The molecule has 0 aromatic carbocycles. The molecule has 78 valence electrons. The Kier molecular flexibility index (Phi) is 2.63. The van der Waals surface area contributed by atoms with E-state index in [0.29, 0.717) is 11.9 Å². The van der Waals surface area contributed by atoms with Gasteiger partial charge in [-0.05, 0) is 25.7 Å². The highest BCUT2D eigenvalue weighted by molar-refractivity contribution is 6.20. The predicted octanol–water partition coefficient (Wildman–Crippen LogP) is 2.22. The molecule has 1 heterocycles. The van der Waals surface area contributed by atoms with Gasteiger partial charge in [0, 0.05) is 13.6 Å². The van der Waals surface area contributed by atoms with Crippen molar-refractivity contribution in [2.45, 2.75) is 25.1 Å². The van der Waals surface area contributed by atoms with E-state index in [1.807, 2.05) is 18.9 Å². The molecule has 1 aromatic heterocycles. The van der Waals surface area contributed by atoms with E-state index in [1.54, 1.807) is 0 Å². The number of halogens is 1. The summed E-state index contributed by atoms with van der Waals surface area (Å²) in [5.41, 5.74) is 0. The highest BCUT2D eigenvalue weighted by Gasteiger charge is 2.25. The van der Waals surface area contributed by atoms with Crippen LogP contribution in [-0.4, -0.2) is 23.8 Å². The van der Waals surface area contributed by atoms with E-state index in [-0.39, 0.29) is 5.38 Å². The molecule has 14 heavy (non-hydrogen) atoms. The van der Waals surface area contributed by atoms with Gasteiger partial charge >= 0.3 is 6.01 Å². The Morgan fingerprint density at radius 2 is 2.29 bits per heavy atom. The van der Waals surface area contributed by atoms with E-state index in [9.17, 15) is 0 Å². The van der Waals surface area contributed by atoms with Crippen LogP contribution in [0, 0.1) is 5.92 Å². The van der Waals surface area contributed by atoms with Crippen molar-refractivity contribution in [2.75, 3.05) is 18.5 Å². The predicted molar refractivity (Wildman–Crippen MR) is 54.6 cm³/mol. The van der Waals surface area contributed by atoms with Crippen molar-refractivity contribution in [2.24, 2.45) is 5.92 Å². The van der Waals surface area contributed by atoms with Crippen LogP contribution < -0.4 is 4.90 Å². The summed E-state index contributed by atoms with van der Waals surface area (Å²) in [4.78, 5) is 1.99. The van der Waals surface area contributed by atoms with Crippen LogP contribution in [0.2, 0.25) is 0 Å². The first-order valence-electron chi connectivity index (χ1n) is 4.85. The third-order valence-corrected chi connectivity index (χ3v) is 2.51. The van der Waals surface area contributed by atoms with Crippen molar-refractivity contribution in [3.8, 4) is 0 Å². The number of rotatable bonds is 4. The second-order valence-electron chi connectivity index (χ2n) is 3.86. The third kappa shape index (κ3) is 2.18. The fourth-order valence-electron chi connectivity index (χ4n) is 1.31. The molecule has 1 aliphatic rings. The molecule has 5 heteroatoms. The van der Waals surface area contributed by atoms with E-state index in [0.717, 1.165) is 12.5 Å². The molecule has 0 saturated heterocycles. The summed E-state index contributed by atoms with van der Waals surface area (Å²) in [7, 11) is 1.97. The van der Waals surface area contributed by atoms with Crippen molar-refractivity contribution in [1.29, 1.82) is 0 Å². The van der Waals surface area contributed by atoms with Gasteiger partial charge in [-0.15, -0.1) is 16.7 Å². The second-order valence-corrected chi connectivity index (χ2v) is 4.52. The van der Waals surface area contributed by atoms with Crippen molar-refractivity contribution in [3.05, 3.63) is 5.89 Å². The van der Waals surface area contributed by atoms with Crippen LogP contribution >= 0.6 is 11.6 Å². The van der Waals surface area contributed by atoms with Crippen LogP contribution in [0.5, 0.6) is 0 Å². The Morgan fingerprint density at radius 1 is 1.57 bits per heavy atom. The minimum atomic E-state index is -0.217. The molecule has 0 radical (unpaired) electrons. The van der Waals surface area contributed by atoms with Crippen molar-refractivity contribution < 1.29 is 4.42 Å². The average Bonchev–Trinajstić information content (AvgIpc) is 2.81. The van der Waals surface area contributed by atoms with Gasteiger partial charge in [0.25, 0.3) is 0 Å². The monoisotopic (exact) mass is 215 g/mol. The normalized spacial score (nSPS) is 18.2. The molecule has 2 rings (SSSR count). The van der Waals surface area contributed by atoms with Gasteiger partial charge in [0.05, 0.1) is 0 Å². The van der Waals surface area contributed by atoms with Crippen LogP contribution in [0.4, 0.5) is 6.01 Å². The lowest BCUT2D eigenvalue weighted by Gasteiger charge is -2.12. The molecule has 1 aliphatic carbocycles. The van der Waals surface area contributed by atoms with Crippen LogP contribution in [0.15, 0.2) is 4.42 Å². The van der Waals surface area contributed by atoms with Crippen molar-refractivity contribution in [1.82, 2.24) is 10.2 Å². The van der Waals surface area contributed by atoms with E-state index < -0.39 is 0 Å². The van der Waals surface area contributed by atoms with Crippen molar-refractivity contribution >= 4 is 17.6 Å². The number of aromatic nitrogens is 2. The molecular weight excluding hydrogens is 202 g/mol. The molecule has 1 saturated carbocycles. The first-order chi connectivity index (χ1) is 6.66. The lowest BCUT2D eigenvalue weighted by atomic mass is 10.4. The standard InChI is InChI=1S/C9H14ClN3O/c1-6(10)8-11-12-9(14-8)13(2)5-7-3-4-7/h6-7H,3-5H2,1-2H3. The zero-order chi connectivity index (χ0) is 10.1. The SMILES string of the molecule is CC(Cl)c1nnc(N(C)CC2CC2)o1. The fraction of sp³-hybridized carbons (Fsp3) is 0.778. The number of nitrogens with zero attached hydrogens (tertiary/aromatic N) is 3. The number of hydrogen-bond donors (Lipinski definition) is 0. The summed E-state index contributed by atoms with van der Waals surface area (Å²) < 4.78 is 5.41. The van der Waals surface area contributed by atoms with E-state index >= 15 is 0 Å². The molecule has 4 nitrogen and oxygen atoms in total. The van der Waals surface area contributed by atoms with Gasteiger partial charge in [0.2, 0.25) is 5.89 Å². The summed E-state index contributed by atoms with van der Waals surface area (Å²) in [6.45, 7) is 2.82. The quantitative estimate of drug-likeness (QED) is 0.723. The molecule has 0 spiro atoms. The smallest absolute Gasteiger partial charge is 0.317 e. The zero-order valence-electron chi connectivity index (χ0n) is 8.40. The minimum absolute atomic E-state index is 0.217. The maximum atomic E-state index is 5.82. The molecule has 0 amide bonds. The topological polar surface area (TPSA) is 42.2 Å². The Morgan fingerprint density at radius 3 is 2.79 bits per heavy atom. The van der Waals surface area contributed by atoms with Crippen LogP contribution in [0.1, 0.15) is 31.0 Å². The number of alkyl halides is 1. The number of anilines is 1. The van der Waals surface area contributed by atoms with Gasteiger partial charge in [-0.2, -0.15) is 0 Å². The molecular formula is C9H14ClN3O. The average molecular weight is 216 g/mol. The van der Waals surface area contributed by atoms with Gasteiger partial charge in [0.15, 0.2) is 0 Å². The summed E-state index contributed by atoms with van der Waals surface area (Å²) in [6.07, 6.45) is 2.63. The Labute approximate surface area is 88.2 Å². The first-order valence-corrected chi connectivity index (χ1v) is 5.29. The summed E-state index contributed by atoms with van der Waals surface area (Å²) in [5, 5.41) is 7.60. The van der Waals surface area contributed by atoms with Crippen LogP contribution in [0.3, 0.4) is 0 Å². The maximum absolute atomic E-state index is 5.82. The Balaban J connectivity index is 1.99. The zero-order valence-corrected chi connectivity index (χ0v) is 9.16. The summed E-state index contributed by atoms with van der Waals surface area (Å²) >= 11 is 5.82. The molecule has 0 bridgehead atoms. The largest absolute Gasteiger partial charge is 0.406 e. The van der Waals surface area contributed by atoms with Gasteiger partial charge in [-0.3, -0.25) is 0 Å². The lowest BCUT2D eigenvalue weighted by molar-refractivity contribution is 0.487. The highest BCUT2D eigenvalue weighted by atomic mass is 35.5. The van der Waals surface area contributed by atoms with E-state index in [2.05, 4.69) is 10.2 Å². The highest BCUT2D eigenvalue weighted by Crippen LogP contribution is 2.31. The Bertz CT molecular complexity index is 309. The number of hydrogen-bond acceptors (Lipinski definition) is 4.